The molecule has 0 aliphatic carbocycles. The van der Waals surface area contributed by atoms with Gasteiger partial charge in [0.1, 0.15) is 0 Å². The molecule has 1 atom stereocenters. The molecule has 12 heteroatoms. The Morgan fingerprint density at radius 2 is 2.00 bits per heavy atom. The average molecular weight is 463 g/mol. The number of nitro groups is 1. The highest BCUT2D eigenvalue weighted by atomic mass is 32.2. The lowest BCUT2D eigenvalue weighted by molar-refractivity contribution is -0.385. The first-order chi connectivity index (χ1) is 15.2. The molecule has 1 aliphatic heterocycles. The third-order valence-corrected chi connectivity index (χ3v) is 6.01. The molecule has 1 saturated heterocycles. The maximum Gasteiger partial charge on any atom is 0.340 e. The molecule has 170 valence electrons. The van der Waals surface area contributed by atoms with Crippen LogP contribution >= 0.6 is 0 Å². The van der Waals surface area contributed by atoms with Crippen LogP contribution in [0.15, 0.2) is 53.4 Å². The second kappa shape index (κ2) is 9.75. The topological polar surface area (TPSA) is 145 Å². The van der Waals surface area contributed by atoms with Gasteiger partial charge in [0.2, 0.25) is 0 Å². The highest BCUT2D eigenvalue weighted by Crippen LogP contribution is 2.23. The summed E-state index contributed by atoms with van der Waals surface area (Å²) in [5, 5.41) is 10.9. The molecule has 0 saturated carbocycles. The van der Waals surface area contributed by atoms with Crippen molar-refractivity contribution in [2.75, 3.05) is 31.0 Å². The Labute approximate surface area is 184 Å². The number of benzene rings is 2. The monoisotopic (exact) mass is 463 g/mol. The van der Waals surface area contributed by atoms with Crippen LogP contribution in [0.25, 0.3) is 0 Å². The fourth-order valence-corrected chi connectivity index (χ4v) is 4.18. The number of sulfonamides is 1. The first kappa shape index (κ1) is 23.2. The highest BCUT2D eigenvalue weighted by Gasteiger charge is 2.24. The molecule has 11 nitrogen and oxygen atoms in total. The third kappa shape index (κ3) is 5.59. The van der Waals surface area contributed by atoms with Gasteiger partial charge in [-0.2, -0.15) is 0 Å². The predicted octanol–water partition coefficient (Wildman–Crippen LogP) is 1.80. The summed E-state index contributed by atoms with van der Waals surface area (Å²) in [6.45, 7) is 2.49. The van der Waals surface area contributed by atoms with Gasteiger partial charge in [-0.05, 0) is 25.1 Å². The van der Waals surface area contributed by atoms with Crippen LogP contribution in [0, 0.1) is 10.1 Å². The smallest absolute Gasteiger partial charge is 0.340 e. The SMILES string of the molecule is CC1CN(C(=O)COC(=O)c2ccccc2NS(=O)(=O)c2cccc([N+](=O)[O-])c2)CCO1. The van der Waals surface area contributed by atoms with E-state index in [1.807, 2.05) is 6.92 Å². The normalized spacial score (nSPS) is 16.3. The van der Waals surface area contributed by atoms with Gasteiger partial charge in [-0.25, -0.2) is 13.2 Å². The van der Waals surface area contributed by atoms with E-state index in [-0.39, 0.29) is 28.2 Å². The zero-order chi connectivity index (χ0) is 23.3. The van der Waals surface area contributed by atoms with E-state index in [4.69, 9.17) is 9.47 Å². The Hall–Kier alpha value is -3.51. The number of nitro benzene ring substituents is 1. The largest absolute Gasteiger partial charge is 0.452 e. The van der Waals surface area contributed by atoms with Crippen molar-refractivity contribution in [3.05, 3.63) is 64.2 Å². The van der Waals surface area contributed by atoms with Gasteiger partial charge in [0, 0.05) is 25.2 Å². The lowest BCUT2D eigenvalue weighted by atomic mass is 10.2. The van der Waals surface area contributed by atoms with Crippen LogP contribution in [0.4, 0.5) is 11.4 Å². The molecule has 32 heavy (non-hydrogen) atoms. The number of anilines is 1. The van der Waals surface area contributed by atoms with Crippen molar-refractivity contribution in [2.24, 2.45) is 0 Å². The summed E-state index contributed by atoms with van der Waals surface area (Å²) in [6.07, 6.45) is -0.118. The van der Waals surface area contributed by atoms with Crippen molar-refractivity contribution in [1.82, 2.24) is 4.90 Å². The molecule has 0 bridgehead atoms. The van der Waals surface area contributed by atoms with E-state index in [0.717, 1.165) is 12.1 Å². The van der Waals surface area contributed by atoms with Gasteiger partial charge in [0.25, 0.3) is 21.6 Å². The van der Waals surface area contributed by atoms with E-state index in [9.17, 15) is 28.1 Å². The van der Waals surface area contributed by atoms with Gasteiger partial charge in [0.05, 0.1) is 33.8 Å². The number of ether oxygens (including phenoxy) is 2. The van der Waals surface area contributed by atoms with Crippen molar-refractivity contribution in [3.8, 4) is 0 Å². The highest BCUT2D eigenvalue weighted by molar-refractivity contribution is 7.92. The van der Waals surface area contributed by atoms with Crippen LogP contribution < -0.4 is 4.72 Å². The molecule has 0 spiro atoms. The maximum atomic E-state index is 12.7. The molecular formula is C20H21N3O8S. The van der Waals surface area contributed by atoms with Gasteiger partial charge >= 0.3 is 5.97 Å². The molecule has 3 rings (SSSR count). The van der Waals surface area contributed by atoms with Crippen molar-refractivity contribution < 1.29 is 32.4 Å². The standard InChI is InChI=1S/C20H21N3O8S/c1-14-12-22(9-10-30-14)19(24)13-31-20(25)17-7-2-3-8-18(17)21-32(28,29)16-6-4-5-15(11-16)23(26)27/h2-8,11,14,21H,9-10,12-13H2,1H3. The number of rotatable bonds is 7. The van der Waals surface area contributed by atoms with Gasteiger partial charge in [-0.3, -0.25) is 19.6 Å². The van der Waals surface area contributed by atoms with Crippen molar-refractivity contribution in [3.63, 3.8) is 0 Å². The van der Waals surface area contributed by atoms with Crippen LogP contribution in [0.5, 0.6) is 0 Å². The van der Waals surface area contributed by atoms with Crippen LogP contribution in [-0.4, -0.2) is 62.5 Å². The number of morpholine rings is 1. The number of non-ortho nitro benzene ring substituents is 1. The van der Waals surface area contributed by atoms with Gasteiger partial charge < -0.3 is 14.4 Å². The zero-order valence-electron chi connectivity index (χ0n) is 17.1. The second-order valence-electron chi connectivity index (χ2n) is 7.00. The summed E-state index contributed by atoms with van der Waals surface area (Å²) in [4.78, 5) is 36.2. The van der Waals surface area contributed by atoms with Crippen LogP contribution in [0.2, 0.25) is 0 Å². The summed E-state index contributed by atoms with van der Waals surface area (Å²) < 4.78 is 38.1. The molecule has 1 unspecified atom stereocenters. The summed E-state index contributed by atoms with van der Waals surface area (Å²) in [7, 11) is -4.23. The summed E-state index contributed by atoms with van der Waals surface area (Å²) >= 11 is 0. The molecule has 2 aromatic carbocycles. The van der Waals surface area contributed by atoms with Crippen LogP contribution in [0.1, 0.15) is 17.3 Å². The lowest BCUT2D eigenvalue weighted by Crippen LogP contribution is -2.46. The number of para-hydroxylation sites is 1. The fraction of sp³-hybridized carbons (Fsp3) is 0.300. The molecule has 0 aromatic heterocycles. The number of hydrogen-bond donors (Lipinski definition) is 1. The predicted molar refractivity (Wildman–Crippen MR) is 113 cm³/mol. The average Bonchev–Trinajstić information content (AvgIpc) is 2.77. The molecule has 0 radical (unpaired) electrons. The number of carbonyl (C=O) groups is 2. The molecule has 2 aromatic rings. The number of amides is 1. The third-order valence-electron chi connectivity index (χ3n) is 4.65. The quantitative estimate of drug-likeness (QED) is 0.372. The molecular weight excluding hydrogens is 442 g/mol. The van der Waals surface area contributed by atoms with Crippen LogP contribution in [0.3, 0.4) is 0 Å². The van der Waals surface area contributed by atoms with Gasteiger partial charge in [-0.1, -0.05) is 18.2 Å². The molecule has 1 aliphatic rings. The molecule has 1 N–H and O–H groups in total. The first-order valence-corrected chi connectivity index (χ1v) is 11.1. The minimum absolute atomic E-state index is 0.0866. The molecule has 1 amide bonds. The Bertz CT molecular complexity index is 1140. The number of nitrogens with zero attached hydrogens (tertiary/aromatic N) is 2. The van der Waals surface area contributed by atoms with E-state index in [1.165, 1.54) is 41.3 Å². The van der Waals surface area contributed by atoms with Gasteiger partial charge in [-0.15, -0.1) is 0 Å². The minimum atomic E-state index is -4.23. The Morgan fingerprint density at radius 1 is 1.25 bits per heavy atom. The number of hydrogen-bond acceptors (Lipinski definition) is 8. The summed E-state index contributed by atoms with van der Waals surface area (Å²) in [5.41, 5.74) is -0.586. The first-order valence-electron chi connectivity index (χ1n) is 9.60. The van der Waals surface area contributed by atoms with E-state index < -0.39 is 33.2 Å². The fourth-order valence-electron chi connectivity index (χ4n) is 3.06. The number of carbonyl (C=O) groups excluding carboxylic acids is 2. The number of esters is 1. The maximum absolute atomic E-state index is 12.7. The van der Waals surface area contributed by atoms with E-state index in [2.05, 4.69) is 4.72 Å². The Kier molecular flexibility index (Phi) is 7.05. The lowest BCUT2D eigenvalue weighted by Gasteiger charge is -2.30. The molecule has 1 heterocycles. The summed E-state index contributed by atoms with van der Waals surface area (Å²) in [6, 6.07) is 10.2. The Morgan fingerprint density at radius 3 is 2.72 bits per heavy atom. The van der Waals surface area contributed by atoms with Gasteiger partial charge in [0.15, 0.2) is 6.61 Å². The summed E-state index contributed by atoms with van der Waals surface area (Å²) in [5.74, 6) is -1.28. The number of nitrogens with one attached hydrogen (secondary N) is 1. The van der Waals surface area contributed by atoms with Crippen LogP contribution in [-0.2, 0) is 24.3 Å². The van der Waals surface area contributed by atoms with Crippen molar-refractivity contribution >= 4 is 33.3 Å². The Balaban J connectivity index is 1.72. The molecule has 1 fully saturated rings. The van der Waals surface area contributed by atoms with E-state index >= 15 is 0 Å². The minimum Gasteiger partial charge on any atom is -0.452 e. The van der Waals surface area contributed by atoms with Crippen molar-refractivity contribution in [1.29, 1.82) is 0 Å². The zero-order valence-corrected chi connectivity index (χ0v) is 17.9. The second-order valence-corrected chi connectivity index (χ2v) is 8.69. The van der Waals surface area contributed by atoms with E-state index in [1.54, 1.807) is 0 Å². The van der Waals surface area contributed by atoms with E-state index in [0.29, 0.717) is 19.7 Å². The van der Waals surface area contributed by atoms with Crippen molar-refractivity contribution in [2.45, 2.75) is 17.9 Å².